The maximum atomic E-state index is 13.0. The predicted octanol–water partition coefficient (Wildman–Crippen LogP) is 4.88. The Morgan fingerprint density at radius 3 is 2.89 bits per heavy atom. The summed E-state index contributed by atoms with van der Waals surface area (Å²) in [4.78, 5) is 12.4. The molecule has 1 nitrogen and oxygen atoms in total. The molecular formula is C15H18ClFO. The Kier molecular flexibility index (Phi) is 4.39. The van der Waals surface area contributed by atoms with Gasteiger partial charge in [0.1, 0.15) is 5.82 Å². The Hall–Kier alpha value is -0.890. The number of Topliss-reactive ketones (excluding diaryl/α,β-unsaturated/α-hetero) is 1. The molecule has 2 atom stereocenters. The summed E-state index contributed by atoms with van der Waals surface area (Å²) in [7, 11) is 0. The Labute approximate surface area is 112 Å². The molecule has 1 saturated carbocycles. The molecule has 1 aromatic carbocycles. The molecule has 1 aliphatic rings. The molecule has 0 saturated heterocycles. The van der Waals surface area contributed by atoms with Crippen LogP contribution in [0.4, 0.5) is 4.39 Å². The minimum absolute atomic E-state index is 0.0617. The Morgan fingerprint density at radius 2 is 2.22 bits per heavy atom. The first kappa shape index (κ1) is 13.5. The van der Waals surface area contributed by atoms with Crippen molar-refractivity contribution in [3.63, 3.8) is 0 Å². The Bertz CT molecular complexity index is 444. The summed E-state index contributed by atoms with van der Waals surface area (Å²) in [5, 5.41) is 0.235. The average molecular weight is 269 g/mol. The number of rotatable bonds is 3. The second-order valence-corrected chi connectivity index (χ2v) is 5.53. The van der Waals surface area contributed by atoms with Crippen LogP contribution < -0.4 is 0 Å². The highest BCUT2D eigenvalue weighted by Crippen LogP contribution is 2.34. The van der Waals surface area contributed by atoms with Crippen molar-refractivity contribution in [3.8, 4) is 0 Å². The van der Waals surface area contributed by atoms with Gasteiger partial charge in [0.2, 0.25) is 0 Å². The molecule has 3 heteroatoms. The molecular weight excluding hydrogens is 251 g/mol. The fourth-order valence-corrected chi connectivity index (χ4v) is 3.07. The number of hydrogen-bond acceptors (Lipinski definition) is 1. The van der Waals surface area contributed by atoms with Crippen molar-refractivity contribution >= 4 is 17.4 Å². The van der Waals surface area contributed by atoms with Crippen molar-refractivity contribution in [1.29, 1.82) is 0 Å². The molecule has 1 aliphatic carbocycles. The van der Waals surface area contributed by atoms with Crippen molar-refractivity contribution in [2.45, 2.75) is 39.0 Å². The predicted molar refractivity (Wildman–Crippen MR) is 71.5 cm³/mol. The third-order valence-electron chi connectivity index (χ3n) is 3.93. The number of halogens is 2. The largest absolute Gasteiger partial charge is 0.294 e. The molecule has 0 amide bonds. The molecule has 0 heterocycles. The monoisotopic (exact) mass is 268 g/mol. The van der Waals surface area contributed by atoms with E-state index in [-0.39, 0.29) is 16.7 Å². The third kappa shape index (κ3) is 2.92. The maximum Gasteiger partial charge on any atom is 0.167 e. The zero-order valence-electron chi connectivity index (χ0n) is 10.6. The van der Waals surface area contributed by atoms with Gasteiger partial charge in [-0.1, -0.05) is 37.8 Å². The van der Waals surface area contributed by atoms with Crippen LogP contribution in [-0.2, 0) is 0 Å². The number of ketones is 1. The molecule has 0 bridgehead atoms. The molecule has 2 rings (SSSR count). The molecule has 0 radical (unpaired) electrons. The van der Waals surface area contributed by atoms with E-state index in [9.17, 15) is 9.18 Å². The van der Waals surface area contributed by atoms with Crippen molar-refractivity contribution in [2.24, 2.45) is 11.8 Å². The van der Waals surface area contributed by atoms with Crippen LogP contribution in [0.5, 0.6) is 0 Å². The summed E-state index contributed by atoms with van der Waals surface area (Å²) in [6.07, 6.45) is 5.33. The van der Waals surface area contributed by atoms with Gasteiger partial charge in [-0.05, 0) is 37.0 Å². The van der Waals surface area contributed by atoms with Crippen molar-refractivity contribution in [2.75, 3.05) is 0 Å². The number of hydrogen-bond donors (Lipinski definition) is 0. The summed E-state index contributed by atoms with van der Waals surface area (Å²) in [5.74, 6) is 0.392. The zero-order valence-corrected chi connectivity index (χ0v) is 11.3. The first-order valence-electron chi connectivity index (χ1n) is 6.61. The molecule has 18 heavy (non-hydrogen) atoms. The van der Waals surface area contributed by atoms with Crippen LogP contribution in [-0.4, -0.2) is 5.78 Å². The van der Waals surface area contributed by atoms with E-state index in [1.54, 1.807) is 0 Å². The van der Waals surface area contributed by atoms with Gasteiger partial charge in [0.25, 0.3) is 0 Å². The van der Waals surface area contributed by atoms with Crippen LogP contribution in [0.15, 0.2) is 18.2 Å². The smallest absolute Gasteiger partial charge is 0.167 e. The molecule has 98 valence electrons. The highest BCUT2D eigenvalue weighted by atomic mass is 35.5. The lowest BCUT2D eigenvalue weighted by molar-refractivity contribution is 0.0862. The first-order valence-corrected chi connectivity index (χ1v) is 6.99. The van der Waals surface area contributed by atoms with Crippen LogP contribution in [0.3, 0.4) is 0 Å². The standard InChI is InChI=1S/C15H18ClFO/c1-2-10-4-3-5-11(8-10)15(18)13-7-6-12(17)9-14(13)16/h6-7,9-11H,2-5,8H2,1H3. The van der Waals surface area contributed by atoms with Gasteiger partial charge >= 0.3 is 0 Å². The molecule has 0 N–H and O–H groups in total. The Morgan fingerprint density at radius 1 is 1.44 bits per heavy atom. The molecule has 1 aromatic rings. The van der Waals surface area contributed by atoms with E-state index in [1.807, 2.05) is 0 Å². The van der Waals surface area contributed by atoms with Gasteiger partial charge in [-0.15, -0.1) is 0 Å². The van der Waals surface area contributed by atoms with Gasteiger partial charge in [-0.3, -0.25) is 4.79 Å². The lowest BCUT2D eigenvalue weighted by Crippen LogP contribution is -2.23. The molecule has 0 aliphatic heterocycles. The molecule has 1 fully saturated rings. The SMILES string of the molecule is CCC1CCCC(C(=O)c2ccc(F)cc2Cl)C1. The number of carbonyl (C=O) groups excluding carboxylic acids is 1. The quantitative estimate of drug-likeness (QED) is 0.714. The van der Waals surface area contributed by atoms with Gasteiger partial charge in [0, 0.05) is 11.5 Å². The lowest BCUT2D eigenvalue weighted by Gasteiger charge is -2.27. The van der Waals surface area contributed by atoms with E-state index in [0.717, 1.165) is 25.7 Å². The van der Waals surface area contributed by atoms with Crippen LogP contribution in [0.2, 0.25) is 5.02 Å². The van der Waals surface area contributed by atoms with Gasteiger partial charge < -0.3 is 0 Å². The highest BCUT2D eigenvalue weighted by molar-refractivity contribution is 6.34. The maximum absolute atomic E-state index is 13.0. The van der Waals surface area contributed by atoms with Gasteiger partial charge in [-0.2, -0.15) is 0 Å². The van der Waals surface area contributed by atoms with Gasteiger partial charge in [-0.25, -0.2) is 4.39 Å². The average Bonchev–Trinajstić information content (AvgIpc) is 2.38. The Balaban J connectivity index is 2.15. The number of carbonyl (C=O) groups is 1. The van der Waals surface area contributed by atoms with E-state index in [1.165, 1.54) is 24.6 Å². The summed E-state index contributed by atoms with van der Waals surface area (Å²) in [6.45, 7) is 2.17. The zero-order chi connectivity index (χ0) is 13.1. The third-order valence-corrected chi connectivity index (χ3v) is 4.24. The van der Waals surface area contributed by atoms with E-state index in [0.29, 0.717) is 11.5 Å². The van der Waals surface area contributed by atoms with Crippen LogP contribution in [0.25, 0.3) is 0 Å². The normalized spacial score (nSPS) is 23.9. The summed E-state index contributed by atoms with van der Waals surface area (Å²) in [6, 6.07) is 4.03. The van der Waals surface area contributed by atoms with Crippen LogP contribution in [0, 0.1) is 17.7 Å². The summed E-state index contributed by atoms with van der Waals surface area (Å²) >= 11 is 5.95. The summed E-state index contributed by atoms with van der Waals surface area (Å²) in [5.41, 5.74) is 0.472. The van der Waals surface area contributed by atoms with Gasteiger partial charge in [0.15, 0.2) is 5.78 Å². The van der Waals surface area contributed by atoms with E-state index in [4.69, 9.17) is 11.6 Å². The van der Waals surface area contributed by atoms with Crippen LogP contribution in [0.1, 0.15) is 49.4 Å². The fourth-order valence-electron chi connectivity index (χ4n) is 2.81. The number of benzene rings is 1. The minimum atomic E-state index is -0.397. The highest BCUT2D eigenvalue weighted by Gasteiger charge is 2.28. The first-order chi connectivity index (χ1) is 8.61. The van der Waals surface area contributed by atoms with E-state index >= 15 is 0 Å². The molecule has 0 aromatic heterocycles. The fraction of sp³-hybridized carbons (Fsp3) is 0.533. The van der Waals surface area contributed by atoms with Crippen molar-refractivity contribution in [1.82, 2.24) is 0 Å². The topological polar surface area (TPSA) is 17.1 Å². The van der Waals surface area contributed by atoms with E-state index in [2.05, 4.69) is 6.92 Å². The van der Waals surface area contributed by atoms with Crippen molar-refractivity contribution < 1.29 is 9.18 Å². The summed E-state index contributed by atoms with van der Waals surface area (Å²) < 4.78 is 13.0. The molecule has 2 unspecified atom stereocenters. The van der Waals surface area contributed by atoms with Crippen LogP contribution >= 0.6 is 11.6 Å². The molecule has 0 spiro atoms. The lowest BCUT2D eigenvalue weighted by atomic mass is 9.77. The van der Waals surface area contributed by atoms with Crippen molar-refractivity contribution in [3.05, 3.63) is 34.6 Å². The van der Waals surface area contributed by atoms with E-state index < -0.39 is 5.82 Å². The second kappa shape index (κ2) is 5.83. The second-order valence-electron chi connectivity index (χ2n) is 5.13. The minimum Gasteiger partial charge on any atom is -0.294 e. The van der Waals surface area contributed by atoms with Gasteiger partial charge in [0.05, 0.1) is 5.02 Å².